The zero-order chi connectivity index (χ0) is 15.5. The molecule has 0 saturated heterocycles. The van der Waals surface area contributed by atoms with Gasteiger partial charge in [-0.25, -0.2) is 0 Å². The van der Waals surface area contributed by atoms with Crippen molar-refractivity contribution in [3.63, 3.8) is 0 Å². The third-order valence-corrected chi connectivity index (χ3v) is 5.40. The van der Waals surface area contributed by atoms with Crippen LogP contribution in [0.3, 0.4) is 0 Å². The highest BCUT2D eigenvalue weighted by molar-refractivity contribution is 5.65. The van der Waals surface area contributed by atoms with E-state index in [4.69, 9.17) is 5.73 Å². The molecule has 0 amide bonds. The maximum atomic E-state index is 5.79. The molecule has 0 radical (unpaired) electrons. The molecule has 0 atom stereocenters. The van der Waals surface area contributed by atoms with Crippen molar-refractivity contribution in [3.8, 4) is 11.1 Å². The van der Waals surface area contributed by atoms with Crippen molar-refractivity contribution >= 4 is 0 Å². The van der Waals surface area contributed by atoms with E-state index in [-0.39, 0.29) is 0 Å². The second-order valence-electron chi connectivity index (χ2n) is 6.87. The van der Waals surface area contributed by atoms with Crippen LogP contribution in [0, 0.1) is 19.8 Å². The largest absolute Gasteiger partial charge is 0.330 e. The van der Waals surface area contributed by atoms with Crippen LogP contribution in [0.25, 0.3) is 11.1 Å². The van der Waals surface area contributed by atoms with Gasteiger partial charge in [0.1, 0.15) is 0 Å². The molecular formula is C21H27N. The summed E-state index contributed by atoms with van der Waals surface area (Å²) in [6.45, 7) is 5.21. The third kappa shape index (κ3) is 3.25. The third-order valence-electron chi connectivity index (χ3n) is 5.40. The van der Waals surface area contributed by atoms with Crippen LogP contribution in [0.5, 0.6) is 0 Å². The van der Waals surface area contributed by atoms with E-state index in [9.17, 15) is 0 Å². The quantitative estimate of drug-likeness (QED) is 0.826. The molecule has 0 aliphatic heterocycles. The first-order chi connectivity index (χ1) is 10.7. The fourth-order valence-electron chi connectivity index (χ4n) is 3.60. The van der Waals surface area contributed by atoms with E-state index in [2.05, 4.69) is 56.3 Å². The Morgan fingerprint density at radius 2 is 1.45 bits per heavy atom. The zero-order valence-corrected chi connectivity index (χ0v) is 13.8. The number of nitrogens with two attached hydrogens (primary N) is 1. The summed E-state index contributed by atoms with van der Waals surface area (Å²) in [6.07, 6.45) is 5.18. The first kappa shape index (κ1) is 15.3. The highest BCUT2D eigenvalue weighted by Crippen LogP contribution is 2.36. The molecule has 1 fully saturated rings. The topological polar surface area (TPSA) is 26.0 Å². The Morgan fingerprint density at radius 1 is 0.818 bits per heavy atom. The summed E-state index contributed by atoms with van der Waals surface area (Å²) in [7, 11) is 0. The van der Waals surface area contributed by atoms with Gasteiger partial charge in [0.25, 0.3) is 0 Å². The highest BCUT2D eigenvalue weighted by Gasteiger charge is 2.21. The van der Waals surface area contributed by atoms with Gasteiger partial charge in [-0.05, 0) is 85.7 Å². The van der Waals surface area contributed by atoms with Gasteiger partial charge in [-0.3, -0.25) is 0 Å². The van der Waals surface area contributed by atoms with E-state index >= 15 is 0 Å². The minimum absolute atomic E-state index is 0.733. The molecule has 0 heterocycles. The first-order valence-corrected chi connectivity index (χ1v) is 8.55. The second-order valence-corrected chi connectivity index (χ2v) is 6.87. The lowest BCUT2D eigenvalue weighted by atomic mass is 9.78. The first-order valence-electron chi connectivity index (χ1n) is 8.55. The van der Waals surface area contributed by atoms with Gasteiger partial charge in [0.05, 0.1) is 0 Å². The maximum absolute atomic E-state index is 5.79. The van der Waals surface area contributed by atoms with Crippen LogP contribution in [0.1, 0.15) is 48.3 Å². The molecule has 1 heteroatoms. The molecule has 0 aromatic heterocycles. The van der Waals surface area contributed by atoms with Crippen LogP contribution >= 0.6 is 0 Å². The van der Waals surface area contributed by atoms with Gasteiger partial charge in [-0.2, -0.15) is 0 Å². The van der Waals surface area contributed by atoms with Crippen molar-refractivity contribution < 1.29 is 0 Å². The number of aryl methyl sites for hydroxylation is 2. The molecule has 1 nitrogen and oxygen atoms in total. The lowest BCUT2D eigenvalue weighted by Gasteiger charge is -2.28. The fourth-order valence-corrected chi connectivity index (χ4v) is 3.60. The molecule has 3 rings (SSSR count). The summed E-state index contributed by atoms with van der Waals surface area (Å²) in [6, 6.07) is 16.0. The van der Waals surface area contributed by atoms with Crippen LogP contribution in [0.2, 0.25) is 0 Å². The van der Waals surface area contributed by atoms with Gasteiger partial charge in [-0.1, -0.05) is 42.5 Å². The number of hydrogen-bond acceptors (Lipinski definition) is 1. The van der Waals surface area contributed by atoms with Crippen molar-refractivity contribution in [2.45, 2.75) is 45.4 Å². The minimum Gasteiger partial charge on any atom is -0.330 e. The molecule has 0 unspecified atom stereocenters. The lowest BCUT2D eigenvalue weighted by molar-refractivity contribution is 0.333. The van der Waals surface area contributed by atoms with Gasteiger partial charge >= 0.3 is 0 Å². The van der Waals surface area contributed by atoms with Crippen molar-refractivity contribution in [3.05, 3.63) is 59.2 Å². The monoisotopic (exact) mass is 293 g/mol. The van der Waals surface area contributed by atoms with Crippen LogP contribution in [0.15, 0.2) is 42.5 Å². The Balaban J connectivity index is 1.74. The molecule has 116 valence electrons. The summed E-state index contributed by atoms with van der Waals surface area (Å²) < 4.78 is 0. The van der Waals surface area contributed by atoms with Crippen molar-refractivity contribution in [2.75, 3.05) is 6.54 Å². The zero-order valence-electron chi connectivity index (χ0n) is 13.8. The van der Waals surface area contributed by atoms with Gasteiger partial charge in [0.15, 0.2) is 0 Å². The van der Waals surface area contributed by atoms with E-state index in [0.29, 0.717) is 0 Å². The normalized spacial score (nSPS) is 21.8. The van der Waals surface area contributed by atoms with Crippen molar-refractivity contribution in [2.24, 2.45) is 11.7 Å². The predicted octanol–water partition coefficient (Wildman–Crippen LogP) is 5.20. The average molecular weight is 293 g/mol. The molecule has 2 aromatic carbocycles. The van der Waals surface area contributed by atoms with E-state index in [1.807, 2.05) is 0 Å². The summed E-state index contributed by atoms with van der Waals surface area (Å²) >= 11 is 0. The Hall–Kier alpha value is -1.60. The molecular weight excluding hydrogens is 266 g/mol. The molecule has 2 aromatic rings. The highest BCUT2D eigenvalue weighted by atomic mass is 14.5. The molecule has 0 spiro atoms. The fraction of sp³-hybridized carbons (Fsp3) is 0.429. The van der Waals surface area contributed by atoms with Crippen LogP contribution < -0.4 is 5.73 Å². The van der Waals surface area contributed by atoms with Gasteiger partial charge < -0.3 is 5.73 Å². The molecule has 1 aliphatic rings. The average Bonchev–Trinajstić information content (AvgIpc) is 2.58. The summed E-state index contributed by atoms with van der Waals surface area (Å²) in [5.74, 6) is 1.49. The summed E-state index contributed by atoms with van der Waals surface area (Å²) in [5.41, 5.74) is 12.7. The molecule has 0 bridgehead atoms. The standard InChI is InChI=1S/C21H27N/c1-15-3-6-21(13-16(15)2)20-11-9-19(10-12-20)18-7-4-17(14-22)5-8-18/h3,6,9-13,17-18H,4-5,7-8,14,22H2,1-2H3. The predicted molar refractivity (Wildman–Crippen MR) is 95.1 cm³/mol. The number of rotatable bonds is 3. The molecule has 22 heavy (non-hydrogen) atoms. The Labute approximate surface area is 134 Å². The molecule has 1 aliphatic carbocycles. The van der Waals surface area contributed by atoms with Crippen molar-refractivity contribution in [1.29, 1.82) is 0 Å². The van der Waals surface area contributed by atoms with Gasteiger partial charge in [0, 0.05) is 0 Å². The minimum atomic E-state index is 0.733. The maximum Gasteiger partial charge on any atom is -0.00489 e. The lowest BCUT2D eigenvalue weighted by Crippen LogP contribution is -2.20. The Kier molecular flexibility index (Phi) is 4.63. The smallest absolute Gasteiger partial charge is 0.00489 e. The Morgan fingerprint density at radius 3 is 2.05 bits per heavy atom. The van der Waals surface area contributed by atoms with E-state index < -0.39 is 0 Å². The van der Waals surface area contributed by atoms with Gasteiger partial charge in [-0.15, -0.1) is 0 Å². The molecule has 1 saturated carbocycles. The SMILES string of the molecule is Cc1ccc(-c2ccc(C3CCC(CN)CC3)cc2)cc1C. The number of hydrogen-bond donors (Lipinski definition) is 1. The summed E-state index contributed by atoms with van der Waals surface area (Å²) in [5, 5.41) is 0. The molecule has 2 N–H and O–H groups in total. The second kappa shape index (κ2) is 6.66. The van der Waals surface area contributed by atoms with Crippen molar-refractivity contribution in [1.82, 2.24) is 0 Å². The van der Waals surface area contributed by atoms with Gasteiger partial charge in [0.2, 0.25) is 0 Å². The van der Waals surface area contributed by atoms with E-state index in [1.165, 1.54) is 53.5 Å². The van der Waals surface area contributed by atoms with E-state index in [1.54, 1.807) is 0 Å². The van der Waals surface area contributed by atoms with Crippen LogP contribution in [-0.4, -0.2) is 6.54 Å². The van der Waals surface area contributed by atoms with E-state index in [0.717, 1.165) is 18.4 Å². The van der Waals surface area contributed by atoms with Crippen LogP contribution in [-0.2, 0) is 0 Å². The number of benzene rings is 2. The summed E-state index contributed by atoms with van der Waals surface area (Å²) in [4.78, 5) is 0. The van der Waals surface area contributed by atoms with Crippen LogP contribution in [0.4, 0.5) is 0 Å². The Bertz CT molecular complexity index is 619.